The number of hydrogen-bond acceptors (Lipinski definition) is 8. The SMILES string of the molecule is CN(C)C1C(=O)C(C(N)=O)=C(O)C2(O)C(=O)C3=C(O)c4c(O)ccc(/C=C/c5ccc(Br)cc5)c4CC3CC12. The fraction of sp³-hybridized carbons (Fsp3) is 0.276. The Bertz CT molecular complexity index is 1520. The molecule has 202 valence electrons. The lowest BCUT2D eigenvalue weighted by Crippen LogP contribution is -2.65. The Morgan fingerprint density at radius 2 is 1.74 bits per heavy atom. The van der Waals surface area contributed by atoms with Crippen LogP contribution in [0.1, 0.15) is 28.7 Å². The maximum atomic E-state index is 13.9. The van der Waals surface area contributed by atoms with Gasteiger partial charge in [-0.25, -0.2) is 0 Å². The lowest BCUT2D eigenvalue weighted by molar-refractivity contribution is -0.153. The summed E-state index contributed by atoms with van der Waals surface area (Å²) in [5.74, 6) is -6.69. The van der Waals surface area contributed by atoms with Gasteiger partial charge in [-0.15, -0.1) is 0 Å². The molecule has 4 atom stereocenters. The number of nitrogens with zero attached hydrogens (tertiary/aromatic N) is 1. The summed E-state index contributed by atoms with van der Waals surface area (Å²) in [4.78, 5) is 40.6. The molecule has 1 saturated carbocycles. The van der Waals surface area contributed by atoms with Gasteiger partial charge in [-0.3, -0.25) is 19.3 Å². The van der Waals surface area contributed by atoms with E-state index in [1.165, 1.54) is 11.0 Å². The number of phenolic OH excluding ortho intramolecular Hbond substituents is 1. The number of primary amides is 1. The van der Waals surface area contributed by atoms with Crippen LogP contribution in [0.25, 0.3) is 17.9 Å². The van der Waals surface area contributed by atoms with Crippen LogP contribution in [0.3, 0.4) is 0 Å². The topological polar surface area (TPSA) is 161 Å². The van der Waals surface area contributed by atoms with Gasteiger partial charge in [0.15, 0.2) is 11.4 Å². The van der Waals surface area contributed by atoms with Gasteiger partial charge >= 0.3 is 0 Å². The van der Waals surface area contributed by atoms with E-state index in [9.17, 15) is 34.8 Å². The summed E-state index contributed by atoms with van der Waals surface area (Å²) in [5.41, 5.74) is 4.00. The maximum Gasteiger partial charge on any atom is 0.255 e. The average molecular weight is 595 g/mol. The molecule has 0 bridgehead atoms. The van der Waals surface area contributed by atoms with Crippen molar-refractivity contribution in [1.82, 2.24) is 4.90 Å². The summed E-state index contributed by atoms with van der Waals surface area (Å²) in [6.07, 6.45) is 4.00. The number of rotatable bonds is 4. The van der Waals surface area contributed by atoms with Gasteiger partial charge in [0.05, 0.1) is 11.6 Å². The van der Waals surface area contributed by atoms with Crippen molar-refractivity contribution in [3.8, 4) is 5.75 Å². The molecule has 3 aliphatic rings. The summed E-state index contributed by atoms with van der Waals surface area (Å²) in [6, 6.07) is 9.65. The Labute approximate surface area is 232 Å². The van der Waals surface area contributed by atoms with Gasteiger partial charge in [-0.1, -0.05) is 46.3 Å². The fourth-order valence-electron chi connectivity index (χ4n) is 6.18. The Morgan fingerprint density at radius 3 is 2.36 bits per heavy atom. The van der Waals surface area contributed by atoms with E-state index in [0.29, 0.717) is 11.1 Å². The molecule has 10 heteroatoms. The van der Waals surface area contributed by atoms with E-state index in [4.69, 9.17) is 5.73 Å². The summed E-state index contributed by atoms with van der Waals surface area (Å²) in [7, 11) is 3.13. The van der Waals surface area contributed by atoms with Gasteiger partial charge < -0.3 is 26.2 Å². The molecular weight excluding hydrogens is 568 g/mol. The maximum absolute atomic E-state index is 13.9. The molecule has 1 fully saturated rings. The monoisotopic (exact) mass is 594 g/mol. The van der Waals surface area contributed by atoms with Gasteiger partial charge in [0, 0.05) is 16.0 Å². The zero-order valence-electron chi connectivity index (χ0n) is 21.2. The number of carbonyl (C=O) groups is 3. The number of Topliss-reactive ketones (excluding diaryl/α,β-unsaturated/α-hetero) is 2. The third-order valence-electron chi connectivity index (χ3n) is 7.97. The second-order valence-corrected chi connectivity index (χ2v) is 11.3. The minimum atomic E-state index is -2.65. The highest BCUT2D eigenvalue weighted by molar-refractivity contribution is 9.10. The lowest BCUT2D eigenvalue weighted by Gasteiger charge is -2.50. The van der Waals surface area contributed by atoms with Crippen LogP contribution in [0.2, 0.25) is 0 Å². The average Bonchev–Trinajstić information content (AvgIpc) is 2.86. The number of halogens is 1. The minimum Gasteiger partial charge on any atom is -0.508 e. The summed E-state index contributed by atoms with van der Waals surface area (Å²) in [6.45, 7) is 0. The standard InChI is InChI=1S/C29H27BrN2O7/c1-32(2)23-18-12-15-11-17-14(6-3-13-4-8-16(30)9-5-13)7-10-19(33)21(17)24(34)20(15)26(36)29(18,39)27(37)22(25(23)35)28(31)38/h3-10,15,18,23,33-34,37,39H,11-12H2,1-2H3,(H2,31,38)/b6-3+. The van der Waals surface area contributed by atoms with Crippen LogP contribution >= 0.6 is 15.9 Å². The molecule has 2 aromatic rings. The first kappa shape index (κ1) is 26.9. The molecule has 2 aromatic carbocycles. The van der Waals surface area contributed by atoms with Crippen LogP contribution in [0.15, 0.2) is 57.8 Å². The van der Waals surface area contributed by atoms with Crippen molar-refractivity contribution in [2.75, 3.05) is 14.1 Å². The molecule has 0 aromatic heterocycles. The Hall–Kier alpha value is -3.73. The number of aliphatic hydroxyl groups is 3. The molecule has 0 spiro atoms. The first-order chi connectivity index (χ1) is 18.4. The van der Waals surface area contributed by atoms with E-state index in [0.717, 1.165) is 10.0 Å². The van der Waals surface area contributed by atoms with Crippen molar-refractivity contribution in [2.24, 2.45) is 17.6 Å². The molecule has 5 rings (SSSR count). The smallest absolute Gasteiger partial charge is 0.255 e. The van der Waals surface area contributed by atoms with Crippen molar-refractivity contribution >= 4 is 51.3 Å². The molecule has 6 N–H and O–H groups in total. The zero-order valence-corrected chi connectivity index (χ0v) is 22.8. The Morgan fingerprint density at radius 1 is 1.08 bits per heavy atom. The van der Waals surface area contributed by atoms with Gasteiger partial charge in [-0.05, 0) is 67.7 Å². The molecule has 4 unspecified atom stereocenters. The Balaban J connectivity index is 1.66. The van der Waals surface area contributed by atoms with Crippen molar-refractivity contribution in [3.63, 3.8) is 0 Å². The van der Waals surface area contributed by atoms with E-state index in [1.54, 1.807) is 20.2 Å². The first-order valence-electron chi connectivity index (χ1n) is 12.3. The van der Waals surface area contributed by atoms with Crippen LogP contribution in [0.4, 0.5) is 0 Å². The first-order valence-corrected chi connectivity index (χ1v) is 13.1. The number of likely N-dealkylation sites (N-methyl/N-ethyl adjacent to an activating group) is 1. The van der Waals surface area contributed by atoms with Crippen molar-refractivity contribution in [2.45, 2.75) is 24.5 Å². The van der Waals surface area contributed by atoms with E-state index in [2.05, 4.69) is 15.9 Å². The molecule has 0 aliphatic heterocycles. The number of aliphatic hydroxyl groups excluding tert-OH is 2. The second kappa shape index (κ2) is 9.48. The van der Waals surface area contributed by atoms with E-state index >= 15 is 0 Å². The van der Waals surface area contributed by atoms with E-state index in [-0.39, 0.29) is 29.7 Å². The fourth-order valence-corrected chi connectivity index (χ4v) is 6.45. The third kappa shape index (κ3) is 4.02. The van der Waals surface area contributed by atoms with E-state index < -0.39 is 58.0 Å². The highest BCUT2D eigenvalue weighted by Gasteiger charge is 2.64. The number of benzene rings is 2. The quantitative estimate of drug-likeness (QED) is 0.266. The van der Waals surface area contributed by atoms with Crippen LogP contribution < -0.4 is 5.73 Å². The summed E-state index contributed by atoms with van der Waals surface area (Å²) in [5, 5.41) is 44.6. The number of hydrogen-bond donors (Lipinski definition) is 5. The normalized spacial score (nSPS) is 26.6. The van der Waals surface area contributed by atoms with E-state index in [1.807, 2.05) is 36.4 Å². The minimum absolute atomic E-state index is 0.0390. The van der Waals surface area contributed by atoms with Crippen molar-refractivity contribution in [1.29, 1.82) is 0 Å². The number of carbonyl (C=O) groups excluding carboxylic acids is 3. The molecule has 0 heterocycles. The number of ketones is 2. The van der Waals surface area contributed by atoms with Crippen molar-refractivity contribution < 1.29 is 34.8 Å². The van der Waals surface area contributed by atoms with Crippen LogP contribution in [0.5, 0.6) is 5.75 Å². The van der Waals surface area contributed by atoms with Crippen LogP contribution in [-0.4, -0.2) is 68.5 Å². The van der Waals surface area contributed by atoms with Gasteiger partial charge in [0.1, 0.15) is 22.8 Å². The largest absolute Gasteiger partial charge is 0.508 e. The number of phenols is 1. The molecule has 9 nitrogen and oxygen atoms in total. The van der Waals surface area contributed by atoms with Crippen LogP contribution in [-0.2, 0) is 20.8 Å². The number of amides is 1. The summed E-state index contributed by atoms with van der Waals surface area (Å²) < 4.78 is 0.937. The molecule has 39 heavy (non-hydrogen) atoms. The van der Waals surface area contributed by atoms with Crippen LogP contribution in [0, 0.1) is 11.8 Å². The highest BCUT2D eigenvalue weighted by Crippen LogP contribution is 2.53. The third-order valence-corrected chi connectivity index (χ3v) is 8.49. The number of nitrogens with two attached hydrogens (primary N) is 1. The van der Waals surface area contributed by atoms with Gasteiger partial charge in [-0.2, -0.15) is 0 Å². The van der Waals surface area contributed by atoms with Gasteiger partial charge in [0.25, 0.3) is 5.91 Å². The molecule has 0 radical (unpaired) electrons. The van der Waals surface area contributed by atoms with Crippen molar-refractivity contribution in [3.05, 3.63) is 80.0 Å². The number of aromatic hydroxyl groups is 1. The number of fused-ring (bicyclic) bond motifs is 3. The predicted molar refractivity (Wildman–Crippen MR) is 147 cm³/mol. The van der Waals surface area contributed by atoms with Gasteiger partial charge in [0.2, 0.25) is 5.78 Å². The molecular formula is C29H27BrN2O7. The second-order valence-electron chi connectivity index (χ2n) is 10.4. The predicted octanol–water partition coefficient (Wildman–Crippen LogP) is 2.90. The molecule has 0 saturated heterocycles. The summed E-state index contributed by atoms with van der Waals surface area (Å²) >= 11 is 3.41. The Kier molecular flexibility index (Phi) is 6.53. The molecule has 1 amide bonds. The lowest BCUT2D eigenvalue weighted by atomic mass is 9.57. The zero-order chi connectivity index (χ0) is 28.4. The molecule has 3 aliphatic carbocycles. The highest BCUT2D eigenvalue weighted by atomic mass is 79.9.